The number of aliphatic hydroxyl groups excluding tert-OH is 3. The van der Waals surface area contributed by atoms with Crippen LogP contribution in [0.3, 0.4) is 0 Å². The van der Waals surface area contributed by atoms with Gasteiger partial charge in [-0.2, -0.15) is 0 Å². The van der Waals surface area contributed by atoms with Crippen LogP contribution in [0.25, 0.3) is 0 Å². The molecule has 0 aromatic heterocycles. The van der Waals surface area contributed by atoms with E-state index in [-0.39, 0.29) is 6.04 Å². The van der Waals surface area contributed by atoms with Crippen LogP contribution in [0.2, 0.25) is 0 Å². The number of piperidine rings is 1. The van der Waals surface area contributed by atoms with Gasteiger partial charge in [0.2, 0.25) is 0 Å². The topological polar surface area (TPSA) is 82.0 Å². The SMILES string of the molecule is O[C@@H]1[C@@H](O)[C@@H](C/C=C/CCOCC23CC4CC(CC(C4)C2)C3)NC[C@H]1O. The fraction of sp³-hybridized carbons (Fsp3) is 0.905. The molecule has 5 aliphatic rings. The maximum atomic E-state index is 9.97. The molecule has 26 heavy (non-hydrogen) atoms. The predicted molar refractivity (Wildman–Crippen MR) is 99.6 cm³/mol. The van der Waals surface area contributed by atoms with Crippen molar-refractivity contribution in [3.8, 4) is 0 Å². The highest BCUT2D eigenvalue weighted by atomic mass is 16.5. The molecule has 4 bridgehead atoms. The van der Waals surface area contributed by atoms with Crippen molar-refractivity contribution in [1.29, 1.82) is 0 Å². The molecule has 5 rings (SSSR count). The smallest absolute Gasteiger partial charge is 0.108 e. The molecule has 4 atom stereocenters. The van der Waals surface area contributed by atoms with Crippen molar-refractivity contribution in [3.63, 3.8) is 0 Å². The molecular weight excluding hydrogens is 330 g/mol. The quantitative estimate of drug-likeness (QED) is 0.407. The number of hydrogen-bond acceptors (Lipinski definition) is 5. The molecule has 0 radical (unpaired) electrons. The standard InChI is InChI=1S/C21H35NO4/c23-18-12-22-17(19(24)20(18)25)4-2-1-3-5-26-13-21-9-14-6-15(10-21)8-16(7-14)11-21/h1-2,14-20,22-25H,3-13H2/b2-1+/t14?,15?,16?,17-,18-,19+,20+,21?/m1/s1. The van der Waals surface area contributed by atoms with Crippen molar-refractivity contribution in [2.45, 2.75) is 75.7 Å². The van der Waals surface area contributed by atoms with Gasteiger partial charge in [-0.1, -0.05) is 12.2 Å². The number of rotatable bonds is 7. The fourth-order valence-corrected chi connectivity index (χ4v) is 6.47. The summed E-state index contributed by atoms with van der Waals surface area (Å²) in [5.74, 6) is 2.94. The molecule has 0 aromatic carbocycles. The van der Waals surface area contributed by atoms with E-state index in [0.717, 1.165) is 37.4 Å². The van der Waals surface area contributed by atoms with Gasteiger partial charge in [-0.25, -0.2) is 0 Å². The van der Waals surface area contributed by atoms with Crippen LogP contribution in [0, 0.1) is 23.2 Å². The van der Waals surface area contributed by atoms with Crippen molar-refractivity contribution in [2.75, 3.05) is 19.8 Å². The van der Waals surface area contributed by atoms with E-state index in [4.69, 9.17) is 4.74 Å². The zero-order chi connectivity index (χ0) is 18.1. The summed E-state index contributed by atoms with van der Waals surface area (Å²) in [6, 6.07) is -0.197. The Hall–Kier alpha value is -0.460. The highest BCUT2D eigenvalue weighted by Crippen LogP contribution is 2.60. The van der Waals surface area contributed by atoms with Crippen molar-refractivity contribution in [3.05, 3.63) is 12.2 Å². The second kappa shape index (κ2) is 7.88. The minimum atomic E-state index is -1.06. The third kappa shape index (κ3) is 4.02. The van der Waals surface area contributed by atoms with E-state index in [2.05, 4.69) is 11.4 Å². The third-order valence-corrected chi connectivity index (χ3v) is 7.30. The van der Waals surface area contributed by atoms with Crippen LogP contribution in [0.4, 0.5) is 0 Å². The van der Waals surface area contributed by atoms with Crippen LogP contribution in [0.5, 0.6) is 0 Å². The molecule has 0 spiro atoms. The maximum absolute atomic E-state index is 9.97. The van der Waals surface area contributed by atoms with E-state index in [9.17, 15) is 15.3 Å². The first kappa shape index (κ1) is 18.9. The molecule has 1 aliphatic heterocycles. The Kier molecular flexibility index (Phi) is 5.72. The zero-order valence-electron chi connectivity index (χ0n) is 15.7. The number of aliphatic hydroxyl groups is 3. The van der Waals surface area contributed by atoms with Crippen LogP contribution in [-0.4, -0.2) is 59.4 Å². The maximum Gasteiger partial charge on any atom is 0.108 e. The number of hydrogen-bond donors (Lipinski definition) is 4. The van der Waals surface area contributed by atoms with Crippen LogP contribution in [-0.2, 0) is 4.74 Å². The van der Waals surface area contributed by atoms with Crippen molar-refractivity contribution < 1.29 is 20.1 Å². The molecular formula is C21H35NO4. The Morgan fingerprint density at radius 1 is 0.923 bits per heavy atom. The van der Waals surface area contributed by atoms with Gasteiger partial charge in [0, 0.05) is 12.6 Å². The predicted octanol–water partition coefficient (Wildman–Crippen LogP) is 1.61. The second-order valence-corrected chi connectivity index (χ2v) is 9.53. The summed E-state index contributed by atoms with van der Waals surface area (Å²) in [7, 11) is 0. The average Bonchev–Trinajstić information content (AvgIpc) is 2.59. The normalized spacial score (nSPS) is 47.7. The Labute approximate surface area is 156 Å². The van der Waals surface area contributed by atoms with E-state index < -0.39 is 18.3 Å². The molecule has 0 amide bonds. The molecule has 148 valence electrons. The van der Waals surface area contributed by atoms with Crippen molar-refractivity contribution >= 4 is 0 Å². The van der Waals surface area contributed by atoms with Crippen LogP contribution < -0.4 is 5.32 Å². The molecule has 5 heteroatoms. The summed E-state index contributed by atoms with van der Waals surface area (Å²) in [6.07, 6.45) is 11.5. The van der Waals surface area contributed by atoms with E-state index >= 15 is 0 Å². The van der Waals surface area contributed by atoms with E-state index in [1.165, 1.54) is 38.5 Å². The van der Waals surface area contributed by atoms with Gasteiger partial charge in [0.1, 0.15) is 6.10 Å². The van der Waals surface area contributed by atoms with Gasteiger partial charge in [0.05, 0.1) is 25.4 Å². The van der Waals surface area contributed by atoms with Gasteiger partial charge in [-0.3, -0.25) is 0 Å². The van der Waals surface area contributed by atoms with Gasteiger partial charge in [-0.05, 0) is 74.5 Å². The largest absolute Gasteiger partial charge is 0.389 e. The Balaban J connectivity index is 1.13. The average molecular weight is 366 g/mol. The lowest BCUT2D eigenvalue weighted by molar-refractivity contribution is -0.0958. The molecule has 4 N–H and O–H groups in total. The highest BCUT2D eigenvalue weighted by molar-refractivity contribution is 5.01. The summed E-state index contributed by atoms with van der Waals surface area (Å²) < 4.78 is 6.07. The van der Waals surface area contributed by atoms with Gasteiger partial charge in [0.25, 0.3) is 0 Å². The van der Waals surface area contributed by atoms with Gasteiger partial charge >= 0.3 is 0 Å². The second-order valence-electron chi connectivity index (χ2n) is 9.53. The van der Waals surface area contributed by atoms with E-state index in [1.54, 1.807) is 0 Å². The van der Waals surface area contributed by atoms with Crippen molar-refractivity contribution in [1.82, 2.24) is 5.32 Å². The van der Waals surface area contributed by atoms with Crippen LogP contribution >= 0.6 is 0 Å². The molecule has 4 aliphatic carbocycles. The lowest BCUT2D eigenvalue weighted by atomic mass is 9.50. The lowest BCUT2D eigenvalue weighted by Crippen LogP contribution is -2.59. The first-order valence-electron chi connectivity index (χ1n) is 10.5. The molecule has 1 saturated heterocycles. The Morgan fingerprint density at radius 3 is 2.23 bits per heavy atom. The summed E-state index contributed by atoms with van der Waals surface area (Å²) in [5.41, 5.74) is 0.492. The Morgan fingerprint density at radius 2 is 1.58 bits per heavy atom. The van der Waals surface area contributed by atoms with Gasteiger partial charge in [-0.15, -0.1) is 0 Å². The van der Waals surface area contributed by atoms with Crippen LogP contribution in [0.15, 0.2) is 12.2 Å². The van der Waals surface area contributed by atoms with Gasteiger partial charge in [0.15, 0.2) is 0 Å². The molecule has 4 saturated carbocycles. The van der Waals surface area contributed by atoms with Gasteiger partial charge < -0.3 is 25.4 Å². The third-order valence-electron chi connectivity index (χ3n) is 7.30. The monoisotopic (exact) mass is 365 g/mol. The van der Waals surface area contributed by atoms with Crippen molar-refractivity contribution in [2.24, 2.45) is 23.2 Å². The van der Waals surface area contributed by atoms with E-state index in [1.807, 2.05) is 6.08 Å². The summed E-state index contributed by atoms with van der Waals surface area (Å²) in [5, 5.41) is 32.3. The van der Waals surface area contributed by atoms with E-state index in [0.29, 0.717) is 18.4 Å². The molecule has 5 nitrogen and oxygen atoms in total. The first-order valence-corrected chi connectivity index (χ1v) is 10.5. The number of nitrogens with one attached hydrogen (secondary N) is 1. The highest BCUT2D eigenvalue weighted by Gasteiger charge is 2.50. The fourth-order valence-electron chi connectivity index (χ4n) is 6.47. The van der Waals surface area contributed by atoms with Crippen LogP contribution in [0.1, 0.15) is 51.4 Å². The first-order chi connectivity index (χ1) is 12.5. The number of β-amino-alcohol motifs (C(OH)–C–C–N with tert-alkyl or cyclic N) is 1. The summed E-state index contributed by atoms with van der Waals surface area (Å²) >= 11 is 0. The molecule has 5 fully saturated rings. The minimum absolute atomic E-state index is 0.197. The minimum Gasteiger partial charge on any atom is -0.389 e. The molecule has 0 unspecified atom stereocenters. The lowest BCUT2D eigenvalue weighted by Gasteiger charge is -2.56. The summed E-state index contributed by atoms with van der Waals surface area (Å²) in [4.78, 5) is 0. The Bertz CT molecular complexity index is 473. The molecule has 1 heterocycles. The summed E-state index contributed by atoms with van der Waals surface area (Å²) in [6.45, 7) is 2.03. The number of ether oxygens (including phenoxy) is 1. The zero-order valence-corrected chi connectivity index (χ0v) is 15.7. The molecule has 0 aromatic rings.